The van der Waals surface area contributed by atoms with Gasteiger partial charge in [0.15, 0.2) is 0 Å². The zero-order valence-corrected chi connectivity index (χ0v) is 17.7. The molecule has 0 saturated heterocycles. The largest absolute Gasteiger partial charge is 0.497 e. The number of fused-ring (bicyclic) bond motifs is 1. The fourth-order valence-electron chi connectivity index (χ4n) is 3.42. The molecule has 0 spiro atoms. The third-order valence-corrected chi connectivity index (χ3v) is 4.92. The van der Waals surface area contributed by atoms with Gasteiger partial charge in [-0.1, -0.05) is 60.7 Å². The number of benzene rings is 2. The molecule has 1 aromatic heterocycles. The lowest BCUT2D eigenvalue weighted by Gasteiger charge is -2.14. The number of allylic oxidation sites excluding steroid dienone is 2. The molecule has 1 aliphatic heterocycles. The molecule has 0 amide bonds. The highest BCUT2D eigenvalue weighted by Crippen LogP contribution is 2.33. The molecule has 31 heavy (non-hydrogen) atoms. The fourth-order valence-corrected chi connectivity index (χ4v) is 3.42. The minimum absolute atomic E-state index is 0.134. The second-order valence-corrected chi connectivity index (χ2v) is 6.88. The maximum absolute atomic E-state index is 11.7. The van der Waals surface area contributed by atoms with Crippen molar-refractivity contribution in [2.75, 3.05) is 7.11 Å². The molecular weight excluding hydrogens is 388 g/mol. The van der Waals surface area contributed by atoms with E-state index in [1.165, 1.54) is 0 Å². The van der Waals surface area contributed by atoms with Gasteiger partial charge < -0.3 is 14.4 Å². The monoisotopic (exact) mass is 414 g/mol. The van der Waals surface area contributed by atoms with E-state index in [9.17, 15) is 9.90 Å². The molecule has 2 heterocycles. The number of methoxy groups -OCH3 is 1. The number of rotatable bonds is 5. The van der Waals surface area contributed by atoms with E-state index in [2.05, 4.69) is 4.99 Å². The molecule has 158 valence electrons. The first-order valence-electron chi connectivity index (χ1n) is 10.1. The number of hydrogen-bond donors (Lipinski definition) is 1. The first-order valence-corrected chi connectivity index (χ1v) is 10.1. The van der Waals surface area contributed by atoms with E-state index in [0.717, 1.165) is 22.6 Å². The van der Waals surface area contributed by atoms with Crippen molar-refractivity contribution in [3.8, 4) is 5.75 Å². The van der Waals surface area contributed by atoms with Gasteiger partial charge in [-0.25, -0.2) is 4.79 Å². The van der Waals surface area contributed by atoms with E-state index >= 15 is 0 Å². The van der Waals surface area contributed by atoms with Crippen molar-refractivity contribution in [1.82, 2.24) is 4.57 Å². The highest BCUT2D eigenvalue weighted by Gasteiger charge is 2.24. The Bertz CT molecular complexity index is 1070. The number of carboxylic acid groups (broad SMARTS) is 1. The van der Waals surface area contributed by atoms with Crippen LogP contribution in [0.2, 0.25) is 0 Å². The lowest BCUT2D eigenvalue weighted by atomic mass is 9.92. The average Bonchev–Trinajstić information content (AvgIpc) is 3.04. The number of aliphatic imine (C=N–C) groups is 1. The molecule has 0 bridgehead atoms. The number of aromatic nitrogens is 1. The summed E-state index contributed by atoms with van der Waals surface area (Å²) in [6.07, 6.45) is 9.25. The van der Waals surface area contributed by atoms with Gasteiger partial charge in [-0.3, -0.25) is 4.99 Å². The molecule has 2 aromatic carbocycles. The van der Waals surface area contributed by atoms with Crippen molar-refractivity contribution in [1.29, 1.82) is 0 Å². The van der Waals surface area contributed by atoms with Crippen LogP contribution >= 0.6 is 0 Å². The Labute approximate surface area is 182 Å². The molecule has 1 aliphatic rings. The Morgan fingerprint density at radius 2 is 1.84 bits per heavy atom. The van der Waals surface area contributed by atoms with Gasteiger partial charge in [-0.2, -0.15) is 0 Å². The van der Waals surface area contributed by atoms with Crippen molar-refractivity contribution in [2.24, 2.45) is 4.99 Å². The average molecular weight is 415 g/mol. The number of aromatic carboxylic acids is 1. The van der Waals surface area contributed by atoms with Gasteiger partial charge in [0.25, 0.3) is 0 Å². The molecule has 0 aliphatic carbocycles. The van der Waals surface area contributed by atoms with E-state index in [1.807, 2.05) is 92.0 Å². The fraction of sp³-hybridized carbons (Fsp3) is 0.154. The van der Waals surface area contributed by atoms with Crippen LogP contribution in [0.1, 0.15) is 40.2 Å². The van der Waals surface area contributed by atoms with Crippen LogP contribution in [0.15, 0.2) is 90.1 Å². The SMILES string of the molecule is C/C=C/Cn1c(C(=O)O)cc2c1C=CN=CC2c1cccc(OC)c1.c1ccccc1. The summed E-state index contributed by atoms with van der Waals surface area (Å²) in [5, 5.41) is 9.60. The molecule has 0 saturated carbocycles. The first kappa shape index (κ1) is 21.8. The van der Waals surface area contributed by atoms with Gasteiger partial charge in [-0.05, 0) is 42.3 Å². The third-order valence-electron chi connectivity index (χ3n) is 4.92. The number of ether oxygens (including phenoxy) is 1. The van der Waals surface area contributed by atoms with Crippen LogP contribution < -0.4 is 4.74 Å². The summed E-state index contributed by atoms with van der Waals surface area (Å²) in [6.45, 7) is 2.42. The summed E-state index contributed by atoms with van der Waals surface area (Å²) in [7, 11) is 1.63. The van der Waals surface area contributed by atoms with Gasteiger partial charge in [-0.15, -0.1) is 0 Å². The Hall–Kier alpha value is -3.86. The minimum atomic E-state index is -0.938. The smallest absolute Gasteiger partial charge is 0.352 e. The summed E-state index contributed by atoms with van der Waals surface area (Å²) in [5.74, 6) is -0.311. The summed E-state index contributed by atoms with van der Waals surface area (Å²) < 4.78 is 7.12. The van der Waals surface area contributed by atoms with E-state index in [0.29, 0.717) is 6.54 Å². The zero-order chi connectivity index (χ0) is 22.1. The molecule has 5 nitrogen and oxygen atoms in total. The van der Waals surface area contributed by atoms with E-state index in [-0.39, 0.29) is 11.6 Å². The second kappa shape index (κ2) is 10.8. The van der Waals surface area contributed by atoms with Crippen molar-refractivity contribution in [3.63, 3.8) is 0 Å². The summed E-state index contributed by atoms with van der Waals surface area (Å²) in [5.41, 5.74) is 3.07. The van der Waals surface area contributed by atoms with Crippen molar-refractivity contribution in [3.05, 3.63) is 108 Å². The molecule has 0 radical (unpaired) electrons. The number of carboxylic acids is 1. The summed E-state index contributed by atoms with van der Waals surface area (Å²) >= 11 is 0. The van der Waals surface area contributed by atoms with Crippen molar-refractivity contribution in [2.45, 2.75) is 19.4 Å². The molecule has 5 heteroatoms. The molecule has 1 atom stereocenters. The Morgan fingerprint density at radius 3 is 2.45 bits per heavy atom. The minimum Gasteiger partial charge on any atom is -0.497 e. The summed E-state index contributed by atoms with van der Waals surface area (Å²) in [4.78, 5) is 16.1. The topological polar surface area (TPSA) is 63.8 Å². The lowest BCUT2D eigenvalue weighted by Crippen LogP contribution is -2.09. The predicted molar refractivity (Wildman–Crippen MR) is 125 cm³/mol. The van der Waals surface area contributed by atoms with E-state index in [1.54, 1.807) is 23.9 Å². The van der Waals surface area contributed by atoms with Gasteiger partial charge in [0.1, 0.15) is 11.4 Å². The molecular formula is C26H26N2O3. The number of nitrogens with zero attached hydrogens (tertiary/aromatic N) is 2. The van der Waals surface area contributed by atoms with Gasteiger partial charge in [0.05, 0.1) is 7.11 Å². The molecule has 4 rings (SSSR count). The maximum atomic E-state index is 11.7. The predicted octanol–water partition coefficient (Wildman–Crippen LogP) is 5.64. The van der Waals surface area contributed by atoms with E-state index in [4.69, 9.17) is 4.74 Å². The molecule has 1 unspecified atom stereocenters. The van der Waals surface area contributed by atoms with Crippen molar-refractivity contribution < 1.29 is 14.6 Å². The molecule has 0 fully saturated rings. The van der Waals surface area contributed by atoms with Crippen LogP contribution in [0.3, 0.4) is 0 Å². The standard InChI is InChI=1S/C20H20N2O3.C6H6/c1-3-4-10-22-18-8-9-21-13-17(16(18)12-19(22)20(23)24)14-6-5-7-15(11-14)25-2;1-2-4-6-5-3-1/h3-9,11-13,17H,10H2,1-2H3,(H,23,24);1-6H/b4-3+;. The normalized spacial score (nSPS) is 14.5. The lowest BCUT2D eigenvalue weighted by molar-refractivity contribution is 0.0685. The second-order valence-electron chi connectivity index (χ2n) is 6.88. The quantitative estimate of drug-likeness (QED) is 0.549. The maximum Gasteiger partial charge on any atom is 0.352 e. The van der Waals surface area contributed by atoms with Crippen LogP contribution in [0.4, 0.5) is 0 Å². The highest BCUT2D eigenvalue weighted by atomic mass is 16.5. The van der Waals surface area contributed by atoms with Gasteiger partial charge in [0, 0.05) is 30.6 Å². The molecule has 3 aromatic rings. The van der Waals surface area contributed by atoms with Gasteiger partial charge >= 0.3 is 5.97 Å². The number of carbonyl (C=O) groups is 1. The van der Waals surface area contributed by atoms with Crippen LogP contribution in [-0.4, -0.2) is 29.0 Å². The van der Waals surface area contributed by atoms with Crippen molar-refractivity contribution >= 4 is 18.3 Å². The van der Waals surface area contributed by atoms with Crippen LogP contribution in [0, 0.1) is 0 Å². The van der Waals surface area contributed by atoms with Gasteiger partial charge in [0.2, 0.25) is 0 Å². The van der Waals surface area contributed by atoms with Crippen LogP contribution in [0.5, 0.6) is 5.75 Å². The van der Waals surface area contributed by atoms with Crippen LogP contribution in [0.25, 0.3) is 6.08 Å². The number of hydrogen-bond acceptors (Lipinski definition) is 3. The highest BCUT2D eigenvalue weighted by molar-refractivity contribution is 5.89. The Morgan fingerprint density at radius 1 is 1.13 bits per heavy atom. The summed E-state index contributed by atoms with van der Waals surface area (Å²) in [6, 6.07) is 21.5. The van der Waals surface area contributed by atoms with Crippen LogP contribution in [-0.2, 0) is 6.54 Å². The zero-order valence-electron chi connectivity index (χ0n) is 17.7. The third kappa shape index (κ3) is 5.39. The first-order chi connectivity index (χ1) is 15.2. The Kier molecular flexibility index (Phi) is 7.60. The Balaban J connectivity index is 0.000000391. The molecule has 1 N–H and O–H groups in total. The van der Waals surface area contributed by atoms with E-state index < -0.39 is 5.97 Å².